The van der Waals surface area contributed by atoms with Gasteiger partial charge in [-0.2, -0.15) is 0 Å². The van der Waals surface area contributed by atoms with Crippen molar-refractivity contribution in [1.29, 1.82) is 0 Å². The lowest BCUT2D eigenvalue weighted by atomic mass is 10.1. The molecular weight excluding hydrogens is 217 g/mol. The van der Waals surface area contributed by atoms with Gasteiger partial charge in [0, 0.05) is 24.5 Å². The van der Waals surface area contributed by atoms with E-state index in [0.29, 0.717) is 11.3 Å². The summed E-state index contributed by atoms with van der Waals surface area (Å²) in [6, 6.07) is 1.72. The monoisotopic (exact) mass is 233 g/mol. The normalized spacial score (nSPS) is 10.9. The third-order valence-electron chi connectivity index (χ3n) is 2.35. The second kappa shape index (κ2) is 5.84. The molecule has 0 amide bonds. The molecule has 0 bridgehead atoms. The zero-order valence-electron chi connectivity index (χ0n) is 10.0. The Kier molecular flexibility index (Phi) is 4.46. The number of hydrogen-bond acceptors (Lipinski definition) is 3. The summed E-state index contributed by atoms with van der Waals surface area (Å²) in [7, 11) is 1.76. The maximum Gasteiger partial charge on any atom is 0.0931 e. The topological polar surface area (TPSA) is 37.0 Å². The molecule has 3 nitrogen and oxygen atoms in total. The van der Waals surface area contributed by atoms with Crippen LogP contribution in [0.3, 0.4) is 0 Å². The Morgan fingerprint density at radius 3 is 2.71 bits per heavy atom. The molecule has 0 aliphatic carbocycles. The highest BCUT2D eigenvalue weighted by atomic mass is 19.2. The average Bonchev–Trinajstić information content (AvgIpc) is 2.35. The molecule has 90 valence electrons. The summed E-state index contributed by atoms with van der Waals surface area (Å²) >= 11 is 0. The van der Waals surface area contributed by atoms with E-state index in [2.05, 4.69) is 23.5 Å². The molecule has 1 rings (SSSR count). The number of halogens is 1. The van der Waals surface area contributed by atoms with Crippen molar-refractivity contribution >= 4 is 11.4 Å². The van der Waals surface area contributed by atoms with Crippen LogP contribution in [0.15, 0.2) is 48.8 Å². The highest BCUT2D eigenvalue weighted by Gasteiger charge is 2.06. The Hall–Kier alpha value is -2.10. The number of pyridine rings is 1. The minimum Gasteiger partial charge on any atom is -0.388 e. The smallest absolute Gasteiger partial charge is 0.0931 e. The second-order valence-electron chi connectivity index (χ2n) is 3.63. The van der Waals surface area contributed by atoms with Gasteiger partial charge < -0.3 is 5.32 Å². The highest BCUT2D eigenvalue weighted by molar-refractivity contribution is 5.76. The molecule has 0 unspecified atom stereocenters. The van der Waals surface area contributed by atoms with Crippen LogP contribution in [0.1, 0.15) is 12.5 Å². The van der Waals surface area contributed by atoms with Crippen LogP contribution in [0.2, 0.25) is 0 Å². The predicted octanol–water partition coefficient (Wildman–Crippen LogP) is 3.07. The Balaban J connectivity index is 3.18. The minimum absolute atomic E-state index is 0.308. The van der Waals surface area contributed by atoms with Crippen LogP contribution >= 0.6 is 0 Å². The minimum atomic E-state index is 0.308. The van der Waals surface area contributed by atoms with Gasteiger partial charge in [-0.1, -0.05) is 18.7 Å². The van der Waals surface area contributed by atoms with Crippen LogP contribution in [0.5, 0.6) is 0 Å². The first-order valence-corrected chi connectivity index (χ1v) is 5.15. The van der Waals surface area contributed by atoms with Crippen molar-refractivity contribution in [1.82, 2.24) is 10.3 Å². The fourth-order valence-corrected chi connectivity index (χ4v) is 1.29. The first-order chi connectivity index (χ1) is 8.10. The van der Waals surface area contributed by atoms with Crippen LogP contribution in [-0.4, -0.2) is 12.0 Å². The number of nitrogens with one attached hydrogen (secondary N) is 2. The lowest BCUT2D eigenvalue weighted by Gasteiger charge is -2.11. The Morgan fingerprint density at radius 1 is 1.47 bits per heavy atom. The van der Waals surface area contributed by atoms with E-state index in [1.165, 1.54) is 6.20 Å². The summed E-state index contributed by atoms with van der Waals surface area (Å²) in [6.07, 6.45) is 4.84. The number of anilines is 1. The Labute approximate surface area is 101 Å². The molecule has 1 heterocycles. The van der Waals surface area contributed by atoms with Gasteiger partial charge in [0.15, 0.2) is 0 Å². The third kappa shape index (κ3) is 3.17. The van der Waals surface area contributed by atoms with E-state index >= 15 is 0 Å². The van der Waals surface area contributed by atoms with Crippen LogP contribution in [0.4, 0.5) is 10.2 Å². The standard InChI is InChI=1S/C13H16FN3/c1-9(2)10(3)7-12(15-4)11-5-6-16-8-13(11)17-14/h5-8,15,17H,1,3H2,2,4H3/b12-7-. The van der Waals surface area contributed by atoms with Crippen LogP contribution in [0, 0.1) is 0 Å². The Morgan fingerprint density at radius 2 is 2.18 bits per heavy atom. The van der Waals surface area contributed by atoms with Gasteiger partial charge in [0.25, 0.3) is 0 Å². The fraction of sp³-hybridized carbons (Fsp3) is 0.154. The second-order valence-corrected chi connectivity index (χ2v) is 3.63. The number of hydrogen-bond donors (Lipinski definition) is 2. The first-order valence-electron chi connectivity index (χ1n) is 5.15. The summed E-state index contributed by atoms with van der Waals surface area (Å²) < 4.78 is 12.6. The molecule has 0 atom stereocenters. The lowest BCUT2D eigenvalue weighted by Crippen LogP contribution is -2.07. The van der Waals surface area contributed by atoms with Gasteiger partial charge in [-0.3, -0.25) is 4.98 Å². The van der Waals surface area contributed by atoms with E-state index in [1.807, 2.05) is 13.0 Å². The largest absolute Gasteiger partial charge is 0.388 e. The molecule has 0 aliphatic heterocycles. The first kappa shape index (κ1) is 13.0. The summed E-state index contributed by atoms with van der Waals surface area (Å²) in [5, 5.41) is 3.00. The highest BCUT2D eigenvalue weighted by Crippen LogP contribution is 2.22. The molecule has 2 N–H and O–H groups in total. The van der Waals surface area contributed by atoms with Crippen molar-refractivity contribution in [2.75, 3.05) is 12.6 Å². The van der Waals surface area contributed by atoms with Crippen molar-refractivity contribution < 1.29 is 4.48 Å². The van der Waals surface area contributed by atoms with E-state index in [4.69, 9.17) is 0 Å². The molecule has 4 heteroatoms. The zero-order chi connectivity index (χ0) is 12.8. The Bertz CT molecular complexity index is 463. The zero-order valence-corrected chi connectivity index (χ0v) is 10.0. The molecule has 0 radical (unpaired) electrons. The van der Waals surface area contributed by atoms with Crippen LogP contribution < -0.4 is 10.9 Å². The van der Waals surface area contributed by atoms with Gasteiger partial charge >= 0.3 is 0 Å². The number of rotatable bonds is 5. The third-order valence-corrected chi connectivity index (χ3v) is 2.35. The van der Waals surface area contributed by atoms with Gasteiger partial charge in [-0.05, 0) is 24.6 Å². The number of nitrogens with zero attached hydrogens (tertiary/aromatic N) is 1. The van der Waals surface area contributed by atoms with Gasteiger partial charge in [0.05, 0.1) is 11.9 Å². The van der Waals surface area contributed by atoms with Gasteiger partial charge in [-0.15, -0.1) is 4.48 Å². The van der Waals surface area contributed by atoms with Crippen LogP contribution in [-0.2, 0) is 0 Å². The molecule has 1 aromatic rings. The average molecular weight is 233 g/mol. The quantitative estimate of drug-likeness (QED) is 0.606. The molecule has 1 aromatic heterocycles. The van der Waals surface area contributed by atoms with Crippen molar-refractivity contribution in [3.63, 3.8) is 0 Å². The van der Waals surface area contributed by atoms with Gasteiger partial charge in [-0.25, -0.2) is 5.54 Å². The molecule has 0 spiro atoms. The van der Waals surface area contributed by atoms with E-state index in [9.17, 15) is 4.48 Å². The van der Waals surface area contributed by atoms with Gasteiger partial charge in [0.2, 0.25) is 0 Å². The lowest BCUT2D eigenvalue weighted by molar-refractivity contribution is 0.616. The maximum absolute atomic E-state index is 12.6. The molecule has 0 aromatic carbocycles. The van der Waals surface area contributed by atoms with E-state index in [1.54, 1.807) is 24.8 Å². The SMILES string of the molecule is C=C(C)C(=C)/C=C(\NC)c1ccncc1NF. The molecule has 0 saturated carbocycles. The van der Waals surface area contributed by atoms with E-state index in [0.717, 1.165) is 16.8 Å². The number of aromatic nitrogens is 1. The van der Waals surface area contributed by atoms with Gasteiger partial charge in [0.1, 0.15) is 0 Å². The number of allylic oxidation sites excluding steroid dienone is 3. The van der Waals surface area contributed by atoms with E-state index < -0.39 is 0 Å². The van der Waals surface area contributed by atoms with Crippen molar-refractivity contribution in [3.05, 3.63) is 54.4 Å². The van der Waals surface area contributed by atoms with Crippen molar-refractivity contribution in [2.24, 2.45) is 0 Å². The van der Waals surface area contributed by atoms with Crippen molar-refractivity contribution in [3.8, 4) is 0 Å². The molecular formula is C13H16FN3. The summed E-state index contributed by atoms with van der Waals surface area (Å²) in [4.78, 5) is 3.85. The maximum atomic E-state index is 12.6. The predicted molar refractivity (Wildman–Crippen MR) is 70.0 cm³/mol. The molecule has 0 aliphatic rings. The fourth-order valence-electron chi connectivity index (χ4n) is 1.29. The summed E-state index contributed by atoms with van der Waals surface area (Å²) in [6.45, 7) is 9.55. The molecule has 0 fully saturated rings. The van der Waals surface area contributed by atoms with Crippen LogP contribution in [0.25, 0.3) is 5.70 Å². The summed E-state index contributed by atoms with van der Waals surface area (Å²) in [5.74, 6) is 0. The molecule has 0 saturated heterocycles. The summed E-state index contributed by atoms with van der Waals surface area (Å²) in [5.41, 5.74) is 5.01. The molecule has 17 heavy (non-hydrogen) atoms. The van der Waals surface area contributed by atoms with Crippen molar-refractivity contribution in [2.45, 2.75) is 6.92 Å². The van der Waals surface area contributed by atoms with E-state index in [-0.39, 0.29) is 0 Å².